The molecule has 2 atom stereocenters. The molecule has 2 aromatic heterocycles. The molecule has 10 heteroatoms. The molecule has 0 unspecified atom stereocenters. The number of halogens is 1. The minimum absolute atomic E-state index is 0.0258. The Morgan fingerprint density at radius 1 is 1.48 bits per heavy atom. The van der Waals surface area contributed by atoms with Crippen LogP contribution in [0.15, 0.2) is 12.3 Å². The number of anilines is 1. The van der Waals surface area contributed by atoms with Crippen LogP contribution >= 0.6 is 0 Å². The molecule has 3 rings (SSSR count). The third kappa shape index (κ3) is 3.75. The molecule has 0 spiro atoms. The highest BCUT2D eigenvalue weighted by atomic mass is 32.2. The van der Waals surface area contributed by atoms with Gasteiger partial charge < -0.3 is 10.4 Å². The molecule has 25 heavy (non-hydrogen) atoms. The van der Waals surface area contributed by atoms with Crippen molar-refractivity contribution in [1.82, 2.24) is 18.9 Å². The molecule has 1 aliphatic rings. The zero-order valence-corrected chi connectivity index (χ0v) is 15.0. The van der Waals surface area contributed by atoms with Crippen LogP contribution in [0, 0.1) is 5.82 Å². The number of fused-ring (bicyclic) bond motifs is 1. The van der Waals surface area contributed by atoms with Crippen molar-refractivity contribution in [3.05, 3.63) is 23.8 Å². The fraction of sp³-hybridized carbons (Fsp3) is 0.600. The van der Waals surface area contributed by atoms with Crippen molar-refractivity contribution >= 4 is 21.5 Å². The number of aryl methyl sites for hydroxylation is 1. The molecule has 0 aliphatic carbocycles. The fourth-order valence-electron chi connectivity index (χ4n) is 3.05. The van der Waals surface area contributed by atoms with Gasteiger partial charge in [-0.15, -0.1) is 5.10 Å². The molecule has 2 aromatic rings. The van der Waals surface area contributed by atoms with Crippen LogP contribution in [0.4, 0.5) is 10.3 Å². The van der Waals surface area contributed by atoms with Gasteiger partial charge in [0.15, 0.2) is 5.82 Å². The summed E-state index contributed by atoms with van der Waals surface area (Å²) in [6.07, 6.45) is 3.64. The number of rotatable bonds is 5. The van der Waals surface area contributed by atoms with Crippen molar-refractivity contribution in [2.75, 3.05) is 24.7 Å². The quantitative estimate of drug-likeness (QED) is 0.800. The van der Waals surface area contributed by atoms with Crippen LogP contribution in [0.1, 0.15) is 25.5 Å². The normalized spacial score (nSPS) is 22.4. The second kappa shape index (κ2) is 6.85. The number of aliphatic hydroxyl groups is 1. The van der Waals surface area contributed by atoms with Gasteiger partial charge in [-0.05, 0) is 18.9 Å². The monoisotopic (exact) mass is 371 g/mol. The first-order valence-electron chi connectivity index (χ1n) is 8.22. The van der Waals surface area contributed by atoms with E-state index in [1.165, 1.54) is 21.1 Å². The minimum atomic E-state index is -3.32. The summed E-state index contributed by atoms with van der Waals surface area (Å²) < 4.78 is 39.8. The predicted molar refractivity (Wildman–Crippen MR) is 91.4 cm³/mol. The summed E-state index contributed by atoms with van der Waals surface area (Å²) in [6, 6.07) is 1.09. The molecule has 1 aliphatic heterocycles. The third-order valence-corrected chi connectivity index (χ3v) is 5.65. The summed E-state index contributed by atoms with van der Waals surface area (Å²) in [4.78, 5) is 4.11. The lowest BCUT2D eigenvalue weighted by Crippen LogP contribution is -2.51. The molecule has 1 fully saturated rings. The van der Waals surface area contributed by atoms with Gasteiger partial charge in [0.1, 0.15) is 5.52 Å². The number of aromatic nitrogens is 3. The summed E-state index contributed by atoms with van der Waals surface area (Å²) in [5.41, 5.74) is 1.06. The lowest BCUT2D eigenvalue weighted by molar-refractivity contribution is 0.0950. The van der Waals surface area contributed by atoms with E-state index < -0.39 is 16.1 Å². The highest BCUT2D eigenvalue weighted by Crippen LogP contribution is 2.19. The SMILES string of the molecule is CCCc1cc(F)c2cnc(N[C@@H]3CCN(S(C)(=O)=O)C[C@H]3O)nn12. The average molecular weight is 371 g/mol. The second-order valence-electron chi connectivity index (χ2n) is 6.34. The van der Waals surface area contributed by atoms with E-state index in [0.29, 0.717) is 24.9 Å². The Hall–Kier alpha value is -1.78. The molecule has 138 valence electrons. The van der Waals surface area contributed by atoms with E-state index in [2.05, 4.69) is 15.4 Å². The van der Waals surface area contributed by atoms with Crippen molar-refractivity contribution in [3.63, 3.8) is 0 Å². The fourth-order valence-corrected chi connectivity index (χ4v) is 3.91. The first-order valence-corrected chi connectivity index (χ1v) is 10.1. The van der Waals surface area contributed by atoms with Gasteiger partial charge >= 0.3 is 0 Å². The van der Waals surface area contributed by atoms with E-state index in [9.17, 15) is 17.9 Å². The van der Waals surface area contributed by atoms with Gasteiger partial charge in [-0.3, -0.25) is 0 Å². The van der Waals surface area contributed by atoms with Crippen LogP contribution in [0.5, 0.6) is 0 Å². The van der Waals surface area contributed by atoms with E-state index in [4.69, 9.17) is 0 Å². The molecule has 0 saturated carbocycles. The predicted octanol–water partition coefficient (Wildman–Crippen LogP) is 0.628. The zero-order valence-electron chi connectivity index (χ0n) is 14.2. The first kappa shape index (κ1) is 18.0. The van der Waals surface area contributed by atoms with Gasteiger partial charge in [-0.25, -0.2) is 22.3 Å². The Labute approximate surface area is 145 Å². The van der Waals surface area contributed by atoms with Crippen LogP contribution < -0.4 is 5.32 Å². The van der Waals surface area contributed by atoms with Crippen molar-refractivity contribution in [2.45, 2.75) is 38.3 Å². The zero-order chi connectivity index (χ0) is 18.2. The number of hydrogen-bond acceptors (Lipinski definition) is 6. The van der Waals surface area contributed by atoms with Crippen LogP contribution in [-0.4, -0.2) is 63.9 Å². The smallest absolute Gasteiger partial charge is 0.241 e. The maximum atomic E-state index is 13.9. The Bertz CT molecular complexity index is 869. The standard InChI is InChI=1S/C15H22FN5O3S/c1-3-4-10-7-11(16)13-8-17-15(19-21(10)13)18-12-5-6-20(9-14(12)22)25(2,23)24/h7-8,12,14,22H,3-6,9H2,1-2H3,(H,18,19)/t12-,14-/m1/s1. The summed E-state index contributed by atoms with van der Waals surface area (Å²) in [7, 11) is -3.32. The number of aliphatic hydroxyl groups excluding tert-OH is 1. The summed E-state index contributed by atoms with van der Waals surface area (Å²) in [5, 5.41) is 17.6. The molecule has 2 N–H and O–H groups in total. The Kier molecular flexibility index (Phi) is 4.94. The van der Waals surface area contributed by atoms with E-state index in [-0.39, 0.29) is 24.4 Å². The van der Waals surface area contributed by atoms with Gasteiger partial charge in [-0.2, -0.15) is 4.31 Å². The van der Waals surface area contributed by atoms with E-state index in [1.807, 2.05) is 6.92 Å². The van der Waals surface area contributed by atoms with Crippen molar-refractivity contribution < 1.29 is 17.9 Å². The first-order chi connectivity index (χ1) is 11.8. The largest absolute Gasteiger partial charge is 0.390 e. The van der Waals surface area contributed by atoms with Crippen molar-refractivity contribution in [2.24, 2.45) is 0 Å². The number of sulfonamides is 1. The number of piperidine rings is 1. The molecule has 8 nitrogen and oxygen atoms in total. The molecule has 0 bridgehead atoms. The second-order valence-corrected chi connectivity index (χ2v) is 8.32. The van der Waals surface area contributed by atoms with Crippen LogP contribution in [-0.2, 0) is 16.4 Å². The molecule has 0 aromatic carbocycles. The van der Waals surface area contributed by atoms with Crippen molar-refractivity contribution in [1.29, 1.82) is 0 Å². The Morgan fingerprint density at radius 3 is 2.88 bits per heavy atom. The van der Waals surface area contributed by atoms with Gasteiger partial charge in [0.2, 0.25) is 16.0 Å². The Morgan fingerprint density at radius 2 is 2.24 bits per heavy atom. The van der Waals surface area contributed by atoms with E-state index >= 15 is 0 Å². The maximum Gasteiger partial charge on any atom is 0.241 e. The van der Waals surface area contributed by atoms with Gasteiger partial charge in [-0.1, -0.05) is 13.3 Å². The average Bonchev–Trinajstić information content (AvgIpc) is 2.84. The maximum absolute atomic E-state index is 13.9. The highest BCUT2D eigenvalue weighted by molar-refractivity contribution is 7.88. The highest BCUT2D eigenvalue weighted by Gasteiger charge is 2.32. The number of hydrogen-bond donors (Lipinski definition) is 2. The molecule has 0 amide bonds. The van der Waals surface area contributed by atoms with Gasteiger partial charge in [0.25, 0.3) is 0 Å². The lowest BCUT2D eigenvalue weighted by Gasteiger charge is -2.34. The van der Waals surface area contributed by atoms with E-state index in [1.54, 1.807) is 0 Å². The van der Waals surface area contributed by atoms with Crippen molar-refractivity contribution in [3.8, 4) is 0 Å². The van der Waals surface area contributed by atoms with E-state index in [0.717, 1.165) is 18.4 Å². The van der Waals surface area contributed by atoms with Crippen LogP contribution in [0.25, 0.3) is 5.52 Å². The molecule has 0 radical (unpaired) electrons. The Balaban J connectivity index is 1.78. The summed E-state index contributed by atoms with van der Waals surface area (Å²) in [6.45, 7) is 2.34. The summed E-state index contributed by atoms with van der Waals surface area (Å²) >= 11 is 0. The number of nitrogens with one attached hydrogen (secondary N) is 1. The minimum Gasteiger partial charge on any atom is -0.390 e. The van der Waals surface area contributed by atoms with Crippen LogP contribution in [0.2, 0.25) is 0 Å². The molecular formula is C15H22FN5O3S. The third-order valence-electron chi connectivity index (χ3n) is 4.38. The number of β-amino-alcohol motifs (C(OH)–C–C–N with tert-alkyl or cyclic N) is 1. The lowest BCUT2D eigenvalue weighted by atomic mass is 10.0. The molecular weight excluding hydrogens is 349 g/mol. The van der Waals surface area contributed by atoms with Gasteiger partial charge in [0.05, 0.1) is 24.6 Å². The molecule has 3 heterocycles. The summed E-state index contributed by atoms with van der Waals surface area (Å²) in [5.74, 6) is -0.0891. The number of nitrogens with zero attached hydrogens (tertiary/aromatic N) is 4. The van der Waals surface area contributed by atoms with Crippen LogP contribution in [0.3, 0.4) is 0 Å². The molecule has 1 saturated heterocycles. The van der Waals surface area contributed by atoms with Gasteiger partial charge in [0, 0.05) is 18.8 Å². The topological polar surface area (TPSA) is 99.8 Å².